The Kier molecular flexibility index (Phi) is 7.45. The molecular weight excluding hydrogens is 283 g/mol. The van der Waals surface area contributed by atoms with Crippen molar-refractivity contribution < 1.29 is 9.47 Å². The van der Waals surface area contributed by atoms with Gasteiger partial charge >= 0.3 is 0 Å². The van der Waals surface area contributed by atoms with Gasteiger partial charge in [0.25, 0.3) is 0 Å². The Labute approximate surface area is 126 Å². The van der Waals surface area contributed by atoms with Gasteiger partial charge in [0, 0.05) is 25.0 Å². The summed E-state index contributed by atoms with van der Waals surface area (Å²) in [4.78, 5) is 0. The molecule has 2 unspecified atom stereocenters. The van der Waals surface area contributed by atoms with E-state index in [4.69, 9.17) is 32.7 Å². The summed E-state index contributed by atoms with van der Waals surface area (Å²) in [5, 5.41) is 0. The van der Waals surface area contributed by atoms with Gasteiger partial charge in [0.2, 0.25) is 0 Å². The maximum absolute atomic E-state index is 6.06. The van der Waals surface area contributed by atoms with Crippen molar-refractivity contribution in [3.63, 3.8) is 0 Å². The van der Waals surface area contributed by atoms with E-state index in [0.717, 1.165) is 12.8 Å². The average molecular weight is 307 g/mol. The Morgan fingerprint density at radius 3 is 2.42 bits per heavy atom. The highest BCUT2D eigenvalue weighted by Gasteiger charge is 2.38. The second kappa shape index (κ2) is 8.31. The minimum atomic E-state index is -0.405. The zero-order valence-electron chi connectivity index (χ0n) is 12.0. The van der Waals surface area contributed by atoms with Crippen molar-refractivity contribution in [2.75, 3.05) is 25.0 Å². The maximum Gasteiger partial charge on any atom is 0.116 e. The zero-order valence-corrected chi connectivity index (χ0v) is 13.6. The quantitative estimate of drug-likeness (QED) is 0.491. The molecule has 2 nitrogen and oxygen atoms in total. The molecule has 2 atom stereocenters. The normalized spacial score (nSPS) is 27.1. The number of alkyl halides is 2. The van der Waals surface area contributed by atoms with E-state index in [1.807, 2.05) is 0 Å². The number of halogens is 2. The second-order valence-electron chi connectivity index (χ2n) is 5.07. The molecule has 0 heterocycles. The van der Waals surface area contributed by atoms with E-state index in [2.05, 4.69) is 32.9 Å². The summed E-state index contributed by atoms with van der Waals surface area (Å²) in [5.41, 5.74) is 2.00. The van der Waals surface area contributed by atoms with Crippen molar-refractivity contribution in [1.82, 2.24) is 0 Å². The summed E-state index contributed by atoms with van der Waals surface area (Å²) in [6, 6.07) is 0. The number of allylic oxidation sites excluding steroid dienone is 2. The van der Waals surface area contributed by atoms with Crippen LogP contribution >= 0.6 is 23.2 Å². The van der Waals surface area contributed by atoms with Crippen LogP contribution in [0.4, 0.5) is 0 Å². The lowest BCUT2D eigenvalue weighted by atomic mass is 9.84. The van der Waals surface area contributed by atoms with Gasteiger partial charge < -0.3 is 9.47 Å². The van der Waals surface area contributed by atoms with Crippen LogP contribution in [0.5, 0.6) is 0 Å². The molecule has 0 aromatic rings. The highest BCUT2D eigenvalue weighted by molar-refractivity contribution is 6.18. The summed E-state index contributed by atoms with van der Waals surface area (Å²) in [6.07, 6.45) is 5.92. The summed E-state index contributed by atoms with van der Waals surface area (Å²) in [5.74, 6) is 1.24. The van der Waals surface area contributed by atoms with E-state index in [9.17, 15) is 0 Å². The molecule has 0 aromatic heterocycles. The largest absolute Gasteiger partial charge is 0.371 e. The van der Waals surface area contributed by atoms with Crippen molar-refractivity contribution in [1.29, 1.82) is 0 Å². The molecule has 1 rings (SSSR count). The highest BCUT2D eigenvalue weighted by Crippen LogP contribution is 2.33. The van der Waals surface area contributed by atoms with E-state index in [-0.39, 0.29) is 6.10 Å². The Bertz CT molecular complexity index is 339. The molecule has 0 spiro atoms. The minimum absolute atomic E-state index is 0.0592. The van der Waals surface area contributed by atoms with Gasteiger partial charge in [-0.25, -0.2) is 0 Å². The van der Waals surface area contributed by atoms with Gasteiger partial charge in [-0.1, -0.05) is 11.6 Å². The van der Waals surface area contributed by atoms with E-state index < -0.39 is 5.60 Å². The number of hydrogen-bond acceptors (Lipinski definition) is 2. The molecule has 0 bridgehead atoms. The number of ether oxygens (including phenoxy) is 2. The molecule has 0 aliphatic heterocycles. The van der Waals surface area contributed by atoms with Crippen molar-refractivity contribution >= 4 is 23.2 Å². The molecular formula is C15H24Cl2O2. The SMILES string of the molecule is CC1=CC(OCCCCl)C(C)(OCCCCl)C(C)=C1. The van der Waals surface area contributed by atoms with Gasteiger partial charge in [-0.3, -0.25) is 0 Å². The van der Waals surface area contributed by atoms with Crippen LogP contribution in [0.15, 0.2) is 23.3 Å². The van der Waals surface area contributed by atoms with Gasteiger partial charge in [0.1, 0.15) is 11.7 Å². The van der Waals surface area contributed by atoms with Gasteiger partial charge in [-0.15, -0.1) is 23.2 Å². The van der Waals surface area contributed by atoms with Crippen LogP contribution < -0.4 is 0 Å². The van der Waals surface area contributed by atoms with Gasteiger partial charge in [-0.2, -0.15) is 0 Å². The molecule has 0 amide bonds. The summed E-state index contributed by atoms with van der Waals surface area (Å²) in [7, 11) is 0. The Morgan fingerprint density at radius 1 is 1.16 bits per heavy atom. The van der Waals surface area contributed by atoms with E-state index in [0.29, 0.717) is 25.0 Å². The monoisotopic (exact) mass is 306 g/mol. The summed E-state index contributed by atoms with van der Waals surface area (Å²) >= 11 is 11.4. The van der Waals surface area contributed by atoms with Crippen molar-refractivity contribution in [3.8, 4) is 0 Å². The van der Waals surface area contributed by atoms with Crippen molar-refractivity contribution in [2.45, 2.75) is 45.3 Å². The fourth-order valence-electron chi connectivity index (χ4n) is 2.16. The third-order valence-electron chi connectivity index (χ3n) is 3.44. The standard InChI is InChI=1S/C15H24Cl2O2/c1-12-10-13(2)15(3,19-9-5-7-17)14(11-12)18-8-4-6-16/h10-11,14H,4-9H2,1-3H3. The molecule has 0 N–H and O–H groups in total. The van der Waals surface area contributed by atoms with Crippen LogP contribution in [0.25, 0.3) is 0 Å². The minimum Gasteiger partial charge on any atom is -0.371 e. The predicted molar refractivity (Wildman–Crippen MR) is 82.3 cm³/mol. The van der Waals surface area contributed by atoms with Crippen LogP contribution in [0.3, 0.4) is 0 Å². The first-order chi connectivity index (χ1) is 9.04. The van der Waals surface area contributed by atoms with Crippen LogP contribution in [0.2, 0.25) is 0 Å². The highest BCUT2D eigenvalue weighted by atomic mass is 35.5. The van der Waals surface area contributed by atoms with Crippen LogP contribution in [-0.2, 0) is 9.47 Å². The van der Waals surface area contributed by atoms with Gasteiger partial charge in [-0.05, 0) is 45.3 Å². The average Bonchev–Trinajstić information content (AvgIpc) is 2.36. The molecule has 0 aromatic carbocycles. The van der Waals surface area contributed by atoms with E-state index in [1.165, 1.54) is 11.1 Å². The number of rotatable bonds is 8. The first-order valence-corrected chi connectivity index (χ1v) is 7.86. The molecule has 19 heavy (non-hydrogen) atoms. The Balaban J connectivity index is 2.73. The topological polar surface area (TPSA) is 18.5 Å². The van der Waals surface area contributed by atoms with Crippen LogP contribution in [0.1, 0.15) is 33.6 Å². The smallest absolute Gasteiger partial charge is 0.116 e. The second-order valence-corrected chi connectivity index (χ2v) is 5.83. The summed E-state index contributed by atoms with van der Waals surface area (Å²) < 4.78 is 12.0. The molecule has 1 aliphatic rings. The third kappa shape index (κ3) is 4.78. The lowest BCUT2D eigenvalue weighted by Gasteiger charge is -2.39. The van der Waals surface area contributed by atoms with Crippen LogP contribution in [0, 0.1) is 0 Å². The third-order valence-corrected chi connectivity index (χ3v) is 3.97. The predicted octanol–water partition coefficient (Wildman–Crippen LogP) is 4.31. The van der Waals surface area contributed by atoms with Crippen LogP contribution in [-0.4, -0.2) is 36.7 Å². The molecule has 4 heteroatoms. The molecule has 1 aliphatic carbocycles. The molecule has 110 valence electrons. The van der Waals surface area contributed by atoms with Crippen molar-refractivity contribution in [3.05, 3.63) is 23.3 Å². The van der Waals surface area contributed by atoms with E-state index >= 15 is 0 Å². The first kappa shape index (κ1) is 17.0. The molecule has 0 saturated heterocycles. The lowest BCUT2D eigenvalue weighted by molar-refractivity contribution is -0.0974. The number of hydrogen-bond donors (Lipinski definition) is 0. The van der Waals surface area contributed by atoms with Crippen molar-refractivity contribution in [2.24, 2.45) is 0 Å². The molecule has 0 radical (unpaired) electrons. The fourth-order valence-corrected chi connectivity index (χ4v) is 2.38. The van der Waals surface area contributed by atoms with E-state index in [1.54, 1.807) is 0 Å². The lowest BCUT2D eigenvalue weighted by Crippen LogP contribution is -2.46. The Morgan fingerprint density at radius 2 is 1.79 bits per heavy atom. The zero-order chi connectivity index (χ0) is 14.3. The van der Waals surface area contributed by atoms with Gasteiger partial charge in [0.05, 0.1) is 0 Å². The molecule has 0 fully saturated rings. The Hall–Kier alpha value is -0.0200. The maximum atomic E-state index is 6.06. The van der Waals surface area contributed by atoms with Gasteiger partial charge in [0.15, 0.2) is 0 Å². The summed E-state index contributed by atoms with van der Waals surface area (Å²) in [6.45, 7) is 7.56. The molecule has 0 saturated carbocycles. The first-order valence-electron chi connectivity index (χ1n) is 6.79. The fraction of sp³-hybridized carbons (Fsp3) is 0.733.